The predicted molar refractivity (Wildman–Crippen MR) is 200 cm³/mol. The molecule has 0 amide bonds. The van der Waals surface area contributed by atoms with Gasteiger partial charge < -0.3 is 14.9 Å². The second-order valence-corrected chi connectivity index (χ2v) is 14.4. The molecule has 0 saturated carbocycles. The van der Waals surface area contributed by atoms with Crippen molar-refractivity contribution in [3.05, 3.63) is 0 Å². The first-order valence-corrected chi connectivity index (χ1v) is 20.8. The number of ether oxygens (including phenoxy) is 1. The highest BCUT2D eigenvalue weighted by atomic mass is 16.5. The molecule has 0 heterocycles. The van der Waals surface area contributed by atoms with E-state index in [2.05, 4.69) is 25.7 Å². The monoisotopic (exact) mass is 654 g/mol. The Balaban J connectivity index is 4.05. The fraction of sp³-hybridized carbons (Fsp3) is 0.976. The van der Waals surface area contributed by atoms with Crippen molar-refractivity contribution in [2.45, 2.75) is 232 Å². The van der Waals surface area contributed by atoms with E-state index in [0.29, 0.717) is 19.5 Å². The summed E-state index contributed by atoms with van der Waals surface area (Å²) in [4.78, 5) is 14.9. The maximum absolute atomic E-state index is 12.7. The average Bonchev–Trinajstić information content (AvgIpc) is 3.04. The Kier molecular flexibility index (Phi) is 36.6. The van der Waals surface area contributed by atoms with Gasteiger partial charge in [-0.2, -0.15) is 0 Å². The fourth-order valence-corrected chi connectivity index (χ4v) is 6.64. The molecule has 0 saturated heterocycles. The zero-order valence-electron chi connectivity index (χ0n) is 31.6. The van der Waals surface area contributed by atoms with Gasteiger partial charge in [0.2, 0.25) is 0 Å². The Morgan fingerprint density at radius 3 is 1.37 bits per heavy atom. The summed E-state index contributed by atoms with van der Waals surface area (Å²) in [7, 11) is 0. The van der Waals surface area contributed by atoms with Gasteiger partial charge in [0.05, 0.1) is 12.7 Å². The van der Waals surface area contributed by atoms with Gasteiger partial charge >= 0.3 is 5.97 Å². The number of esters is 1. The van der Waals surface area contributed by atoms with E-state index in [1.807, 2.05) is 0 Å². The minimum absolute atomic E-state index is 0.00693. The zero-order chi connectivity index (χ0) is 33.8. The molecule has 0 aliphatic carbocycles. The van der Waals surface area contributed by atoms with Crippen LogP contribution in [0.4, 0.5) is 0 Å². The minimum atomic E-state index is -0.294. The normalized spacial score (nSPS) is 12.4. The Morgan fingerprint density at radius 2 is 0.913 bits per heavy atom. The van der Waals surface area contributed by atoms with Crippen LogP contribution in [0.5, 0.6) is 0 Å². The number of nitrogens with zero attached hydrogens (tertiary/aromatic N) is 1. The molecule has 0 fully saturated rings. The second kappa shape index (κ2) is 37.2. The number of hydrogen-bond donors (Lipinski definition) is 2. The van der Waals surface area contributed by atoms with Crippen molar-refractivity contribution in [1.29, 1.82) is 0 Å². The molecule has 0 bridgehead atoms. The first-order chi connectivity index (χ1) is 22.6. The molecule has 0 aromatic rings. The number of aliphatic hydroxyl groups is 2. The third-order valence-electron chi connectivity index (χ3n) is 9.69. The van der Waals surface area contributed by atoms with Crippen LogP contribution in [0.1, 0.15) is 220 Å². The maximum atomic E-state index is 12.7. The summed E-state index contributed by atoms with van der Waals surface area (Å²) in [6.45, 7) is 9.17. The van der Waals surface area contributed by atoms with Crippen molar-refractivity contribution in [2.24, 2.45) is 0 Å². The molecule has 46 heavy (non-hydrogen) atoms. The summed E-state index contributed by atoms with van der Waals surface area (Å²) in [6.07, 6.45) is 37.2. The first kappa shape index (κ1) is 45.3. The van der Waals surface area contributed by atoms with Gasteiger partial charge in [-0.05, 0) is 51.5 Å². The molecule has 0 aliphatic rings. The maximum Gasteiger partial charge on any atom is 0.306 e. The molecule has 2 N–H and O–H groups in total. The highest BCUT2D eigenvalue weighted by molar-refractivity contribution is 5.69. The van der Waals surface area contributed by atoms with Crippen LogP contribution in [0, 0.1) is 0 Å². The van der Waals surface area contributed by atoms with Crippen LogP contribution >= 0.6 is 0 Å². The smallest absolute Gasteiger partial charge is 0.306 e. The lowest BCUT2D eigenvalue weighted by molar-refractivity contribution is -0.150. The van der Waals surface area contributed by atoms with E-state index in [1.54, 1.807) is 0 Å². The number of hydrogen-bond acceptors (Lipinski definition) is 5. The molecule has 0 radical (unpaired) electrons. The lowest BCUT2D eigenvalue weighted by atomic mass is 10.0. The molecule has 0 spiro atoms. The van der Waals surface area contributed by atoms with Gasteiger partial charge in [0, 0.05) is 19.5 Å². The van der Waals surface area contributed by atoms with Crippen molar-refractivity contribution >= 4 is 5.97 Å². The number of unbranched alkanes of at least 4 members (excludes halogenated alkanes) is 23. The minimum Gasteiger partial charge on any atom is -0.462 e. The van der Waals surface area contributed by atoms with Crippen LogP contribution in [0.3, 0.4) is 0 Å². The topological polar surface area (TPSA) is 70.0 Å². The molecule has 5 heteroatoms. The number of aliphatic hydroxyl groups excluding tert-OH is 2. The van der Waals surface area contributed by atoms with Crippen molar-refractivity contribution in [2.75, 3.05) is 26.2 Å². The van der Waals surface area contributed by atoms with Crippen molar-refractivity contribution < 1.29 is 19.7 Å². The van der Waals surface area contributed by atoms with Gasteiger partial charge in [-0.25, -0.2) is 0 Å². The SMILES string of the molecule is CCCCCCCCCCCCC(O)CN(CCO)CCCCCCCC(=O)OC(CCCCCCCC)CCCCCCCC. The lowest BCUT2D eigenvalue weighted by Gasteiger charge is -2.24. The van der Waals surface area contributed by atoms with Crippen LogP contribution in [0.25, 0.3) is 0 Å². The van der Waals surface area contributed by atoms with E-state index in [0.717, 1.165) is 64.3 Å². The summed E-state index contributed by atoms with van der Waals surface area (Å²) in [5.41, 5.74) is 0. The molecular weight excluding hydrogens is 570 g/mol. The van der Waals surface area contributed by atoms with Gasteiger partial charge in [-0.1, -0.05) is 168 Å². The quantitative estimate of drug-likeness (QED) is 0.0512. The standard InChI is InChI=1S/C41H83NO4/c1-4-7-10-13-16-17-18-19-21-26-31-39(44)38-42(36-37-43)35-30-25-20-24-29-34-41(45)46-40(32-27-22-14-11-8-5-2)33-28-23-15-12-9-6-3/h39-40,43-44H,4-38H2,1-3H3. The molecule has 0 aromatic heterocycles. The number of carbonyl (C=O) groups excluding carboxylic acids is 1. The third kappa shape index (κ3) is 33.3. The molecule has 1 atom stereocenters. The Morgan fingerprint density at radius 1 is 0.522 bits per heavy atom. The molecule has 0 aliphatic heterocycles. The van der Waals surface area contributed by atoms with Gasteiger partial charge in [-0.15, -0.1) is 0 Å². The summed E-state index contributed by atoms with van der Waals surface area (Å²) >= 11 is 0. The van der Waals surface area contributed by atoms with Gasteiger partial charge in [0.25, 0.3) is 0 Å². The highest BCUT2D eigenvalue weighted by Crippen LogP contribution is 2.18. The Hall–Kier alpha value is -0.650. The second-order valence-electron chi connectivity index (χ2n) is 14.4. The predicted octanol–water partition coefficient (Wildman–Crippen LogP) is 11.7. The molecule has 5 nitrogen and oxygen atoms in total. The van der Waals surface area contributed by atoms with E-state index in [-0.39, 0.29) is 24.8 Å². The van der Waals surface area contributed by atoms with Crippen molar-refractivity contribution in [3.8, 4) is 0 Å². The molecular formula is C41H83NO4. The molecule has 0 rings (SSSR count). The van der Waals surface area contributed by atoms with Crippen LogP contribution < -0.4 is 0 Å². The van der Waals surface area contributed by atoms with E-state index in [4.69, 9.17) is 4.74 Å². The van der Waals surface area contributed by atoms with Crippen LogP contribution in [0.2, 0.25) is 0 Å². The van der Waals surface area contributed by atoms with E-state index in [1.165, 1.54) is 135 Å². The number of rotatable bonds is 38. The van der Waals surface area contributed by atoms with E-state index in [9.17, 15) is 15.0 Å². The molecule has 276 valence electrons. The van der Waals surface area contributed by atoms with Crippen LogP contribution in [0.15, 0.2) is 0 Å². The Bertz CT molecular complexity index is 585. The van der Waals surface area contributed by atoms with E-state index < -0.39 is 0 Å². The zero-order valence-corrected chi connectivity index (χ0v) is 31.6. The van der Waals surface area contributed by atoms with Crippen molar-refractivity contribution in [3.63, 3.8) is 0 Å². The first-order valence-electron chi connectivity index (χ1n) is 20.8. The average molecular weight is 654 g/mol. The highest BCUT2D eigenvalue weighted by Gasteiger charge is 2.15. The molecule has 0 aromatic carbocycles. The number of carbonyl (C=O) groups is 1. The third-order valence-corrected chi connectivity index (χ3v) is 9.69. The van der Waals surface area contributed by atoms with Crippen LogP contribution in [-0.4, -0.2) is 59.5 Å². The summed E-state index contributed by atoms with van der Waals surface area (Å²) < 4.78 is 6.00. The summed E-state index contributed by atoms with van der Waals surface area (Å²) in [6, 6.07) is 0. The summed E-state index contributed by atoms with van der Waals surface area (Å²) in [5.74, 6) is 0.00693. The fourth-order valence-electron chi connectivity index (χ4n) is 6.64. The van der Waals surface area contributed by atoms with Crippen LogP contribution in [-0.2, 0) is 9.53 Å². The van der Waals surface area contributed by atoms with E-state index >= 15 is 0 Å². The van der Waals surface area contributed by atoms with Crippen molar-refractivity contribution in [1.82, 2.24) is 4.90 Å². The van der Waals surface area contributed by atoms with Gasteiger partial charge in [-0.3, -0.25) is 9.69 Å². The van der Waals surface area contributed by atoms with Gasteiger partial charge in [0.15, 0.2) is 0 Å². The van der Waals surface area contributed by atoms with Gasteiger partial charge in [0.1, 0.15) is 6.10 Å². The summed E-state index contributed by atoms with van der Waals surface area (Å²) in [5, 5.41) is 20.1. The molecule has 1 unspecified atom stereocenters. The largest absolute Gasteiger partial charge is 0.462 e. The Labute approximate surface area is 288 Å². The lowest BCUT2D eigenvalue weighted by Crippen LogP contribution is -2.35.